The molecule has 0 radical (unpaired) electrons. The standard InChI is InChI=1S/C9H20N2.3C3H8N2O/c1-8(2)5-7(10)6-9(3,4)11-8;3*1-2(6)3(4)5/h7,11H,5-6,10H2,1-4H3;3*3H,4-5H2,1H3. The molecule has 0 aromatic rings. The molecular formula is C18H44N8O3. The molecule has 1 fully saturated rings. The molecule has 0 amide bonds. The van der Waals surface area contributed by atoms with Gasteiger partial charge in [0.15, 0.2) is 17.3 Å². The molecule has 1 saturated heterocycles. The smallest absolute Gasteiger partial charge is 0.160 e. The highest BCUT2D eigenvalue weighted by atomic mass is 16.1. The Morgan fingerprint density at radius 3 is 0.966 bits per heavy atom. The van der Waals surface area contributed by atoms with E-state index in [0.717, 1.165) is 12.8 Å². The molecule has 11 nitrogen and oxygen atoms in total. The second kappa shape index (κ2) is 14.6. The highest BCUT2D eigenvalue weighted by Crippen LogP contribution is 2.26. The first kappa shape index (κ1) is 32.4. The molecule has 1 aliphatic rings. The number of carbonyl (C=O) groups is 3. The van der Waals surface area contributed by atoms with Crippen LogP contribution in [0.25, 0.3) is 0 Å². The summed E-state index contributed by atoms with van der Waals surface area (Å²) < 4.78 is 0. The number of piperidine rings is 1. The minimum absolute atomic E-state index is 0.185. The highest BCUT2D eigenvalue weighted by Gasteiger charge is 2.35. The maximum atomic E-state index is 9.89. The number of nitrogens with two attached hydrogens (primary N) is 7. The van der Waals surface area contributed by atoms with Gasteiger partial charge in [0.05, 0.1) is 0 Å². The minimum Gasteiger partial charge on any atom is -0.328 e. The summed E-state index contributed by atoms with van der Waals surface area (Å²) in [6.07, 6.45) is -0.202. The molecule has 15 N–H and O–H groups in total. The van der Waals surface area contributed by atoms with E-state index in [9.17, 15) is 14.4 Å². The van der Waals surface area contributed by atoms with Crippen LogP contribution < -0.4 is 45.5 Å². The molecule has 0 aliphatic carbocycles. The highest BCUT2D eigenvalue weighted by molar-refractivity contribution is 5.80. The van der Waals surface area contributed by atoms with Gasteiger partial charge in [-0.15, -0.1) is 0 Å². The van der Waals surface area contributed by atoms with Crippen LogP contribution in [-0.4, -0.2) is 53.0 Å². The third-order valence-electron chi connectivity index (χ3n) is 3.63. The van der Waals surface area contributed by atoms with E-state index in [1.54, 1.807) is 0 Å². The van der Waals surface area contributed by atoms with Crippen molar-refractivity contribution in [1.29, 1.82) is 0 Å². The van der Waals surface area contributed by atoms with Gasteiger partial charge >= 0.3 is 0 Å². The molecule has 0 spiro atoms. The van der Waals surface area contributed by atoms with E-state index < -0.39 is 18.5 Å². The molecule has 0 unspecified atom stereocenters. The largest absolute Gasteiger partial charge is 0.328 e. The van der Waals surface area contributed by atoms with Gasteiger partial charge in [0.2, 0.25) is 0 Å². The van der Waals surface area contributed by atoms with Crippen LogP contribution in [0.5, 0.6) is 0 Å². The average molecular weight is 421 g/mol. The predicted octanol–water partition coefficient (Wildman–Crippen LogP) is -2.29. The van der Waals surface area contributed by atoms with Crippen LogP contribution in [-0.2, 0) is 14.4 Å². The lowest BCUT2D eigenvalue weighted by Crippen LogP contribution is -2.60. The van der Waals surface area contributed by atoms with E-state index in [-0.39, 0.29) is 28.4 Å². The van der Waals surface area contributed by atoms with Gasteiger partial charge in [0.25, 0.3) is 0 Å². The van der Waals surface area contributed by atoms with Crippen molar-refractivity contribution < 1.29 is 14.4 Å². The van der Waals surface area contributed by atoms with Gasteiger partial charge in [-0.05, 0) is 61.3 Å². The third kappa shape index (κ3) is 22.8. The van der Waals surface area contributed by atoms with Crippen LogP contribution in [0.2, 0.25) is 0 Å². The lowest BCUT2D eigenvalue weighted by Gasteiger charge is -2.45. The Morgan fingerprint density at radius 2 is 0.862 bits per heavy atom. The maximum absolute atomic E-state index is 9.89. The first-order valence-corrected chi connectivity index (χ1v) is 9.34. The van der Waals surface area contributed by atoms with Crippen LogP contribution in [0, 0.1) is 0 Å². The molecule has 1 aliphatic heterocycles. The van der Waals surface area contributed by atoms with Gasteiger partial charge < -0.3 is 45.5 Å². The molecule has 0 aromatic heterocycles. The van der Waals surface area contributed by atoms with Gasteiger partial charge in [-0.25, -0.2) is 0 Å². The second-order valence-electron chi connectivity index (χ2n) is 8.47. The summed E-state index contributed by atoms with van der Waals surface area (Å²) in [5, 5.41) is 3.58. The fraction of sp³-hybridized carbons (Fsp3) is 0.833. The lowest BCUT2D eigenvalue weighted by atomic mass is 9.80. The summed E-state index contributed by atoms with van der Waals surface area (Å²) in [5.74, 6) is -0.556. The Morgan fingerprint density at radius 1 is 0.690 bits per heavy atom. The van der Waals surface area contributed by atoms with Crippen molar-refractivity contribution in [3.05, 3.63) is 0 Å². The summed E-state index contributed by atoms with van der Waals surface area (Å²) in [7, 11) is 0. The summed E-state index contributed by atoms with van der Waals surface area (Å²) in [5.41, 5.74) is 35.5. The van der Waals surface area contributed by atoms with Crippen molar-refractivity contribution in [2.75, 3.05) is 0 Å². The number of hydrogen-bond donors (Lipinski definition) is 8. The predicted molar refractivity (Wildman–Crippen MR) is 117 cm³/mol. The van der Waals surface area contributed by atoms with Crippen molar-refractivity contribution in [2.45, 2.75) is 96.9 Å². The summed E-state index contributed by atoms with van der Waals surface area (Å²) in [6.45, 7) is 12.9. The Hall–Kier alpha value is -1.31. The molecule has 11 heteroatoms. The summed E-state index contributed by atoms with van der Waals surface area (Å²) in [4.78, 5) is 29.7. The zero-order chi connectivity index (χ0) is 24.2. The second-order valence-corrected chi connectivity index (χ2v) is 8.47. The molecule has 1 heterocycles. The number of carbonyl (C=O) groups excluding carboxylic acids is 3. The fourth-order valence-electron chi connectivity index (χ4n) is 2.40. The van der Waals surface area contributed by atoms with Gasteiger partial charge in [0, 0.05) is 17.1 Å². The average Bonchev–Trinajstić information content (AvgIpc) is 2.44. The summed E-state index contributed by atoms with van der Waals surface area (Å²) in [6, 6.07) is 0.362. The molecule has 0 bridgehead atoms. The van der Waals surface area contributed by atoms with Crippen LogP contribution in [0.1, 0.15) is 61.3 Å². The molecule has 0 saturated carbocycles. The zero-order valence-corrected chi connectivity index (χ0v) is 19.0. The normalized spacial score (nSPS) is 17.3. The fourth-order valence-corrected chi connectivity index (χ4v) is 2.40. The van der Waals surface area contributed by atoms with Crippen LogP contribution in [0.3, 0.4) is 0 Å². The van der Waals surface area contributed by atoms with E-state index in [1.165, 1.54) is 20.8 Å². The number of rotatable bonds is 3. The van der Waals surface area contributed by atoms with Crippen molar-refractivity contribution in [3.8, 4) is 0 Å². The van der Waals surface area contributed by atoms with Crippen LogP contribution in [0.4, 0.5) is 0 Å². The molecule has 0 atom stereocenters. The first-order valence-electron chi connectivity index (χ1n) is 9.34. The molecule has 29 heavy (non-hydrogen) atoms. The van der Waals surface area contributed by atoms with Crippen LogP contribution >= 0.6 is 0 Å². The van der Waals surface area contributed by atoms with Crippen molar-refractivity contribution in [3.63, 3.8) is 0 Å². The van der Waals surface area contributed by atoms with Crippen molar-refractivity contribution in [1.82, 2.24) is 5.32 Å². The number of ketones is 3. The molecule has 1 rings (SSSR count). The molecule has 174 valence electrons. The van der Waals surface area contributed by atoms with Crippen molar-refractivity contribution >= 4 is 17.3 Å². The van der Waals surface area contributed by atoms with Gasteiger partial charge in [-0.3, -0.25) is 14.4 Å². The van der Waals surface area contributed by atoms with E-state index >= 15 is 0 Å². The molecule has 0 aromatic carbocycles. The van der Waals surface area contributed by atoms with E-state index in [0.29, 0.717) is 6.04 Å². The third-order valence-corrected chi connectivity index (χ3v) is 3.63. The Labute approximate surface area is 174 Å². The van der Waals surface area contributed by atoms with E-state index in [2.05, 4.69) is 33.0 Å². The number of hydrogen-bond acceptors (Lipinski definition) is 11. The zero-order valence-electron chi connectivity index (χ0n) is 19.0. The van der Waals surface area contributed by atoms with E-state index in [1.807, 2.05) is 0 Å². The monoisotopic (exact) mass is 420 g/mol. The number of Topliss-reactive ketones (excluding diaryl/α,β-unsaturated/α-hetero) is 3. The SMILES string of the molecule is CC(=O)C(N)N.CC(=O)C(N)N.CC(=O)C(N)N.CC1(C)CC(N)CC(C)(C)N1. The first-order chi connectivity index (χ1) is 12.7. The van der Waals surface area contributed by atoms with Gasteiger partial charge in [-0.2, -0.15) is 0 Å². The summed E-state index contributed by atoms with van der Waals surface area (Å²) >= 11 is 0. The Balaban J connectivity index is -0.000000328. The topological polar surface area (TPSA) is 245 Å². The maximum Gasteiger partial charge on any atom is 0.160 e. The Bertz CT molecular complexity index is 447. The minimum atomic E-state index is -0.787. The quantitative estimate of drug-likeness (QED) is 0.226. The van der Waals surface area contributed by atoms with Crippen LogP contribution in [0.15, 0.2) is 0 Å². The lowest BCUT2D eigenvalue weighted by molar-refractivity contribution is -0.118. The number of nitrogens with one attached hydrogen (secondary N) is 1. The molecular weight excluding hydrogens is 376 g/mol. The van der Waals surface area contributed by atoms with Gasteiger partial charge in [0.1, 0.15) is 18.5 Å². The Kier molecular flexibility index (Phi) is 16.3. The van der Waals surface area contributed by atoms with Gasteiger partial charge in [-0.1, -0.05) is 0 Å². The van der Waals surface area contributed by atoms with Crippen molar-refractivity contribution in [2.24, 2.45) is 40.1 Å². The van der Waals surface area contributed by atoms with E-state index in [4.69, 9.17) is 40.1 Å².